The number of hydrogen-bond acceptors (Lipinski definition) is 3. The highest BCUT2D eigenvalue weighted by molar-refractivity contribution is 5.42. The second-order valence-corrected chi connectivity index (χ2v) is 5.69. The molecule has 0 bridgehead atoms. The number of fused-ring (bicyclic) bond motifs is 1. The molecule has 0 spiro atoms. The second-order valence-electron chi connectivity index (χ2n) is 5.69. The maximum absolute atomic E-state index is 14.3. The summed E-state index contributed by atoms with van der Waals surface area (Å²) < 4.78 is 19.5. The lowest BCUT2D eigenvalue weighted by molar-refractivity contribution is 0.160. The minimum atomic E-state index is -0.212. The third kappa shape index (κ3) is 2.49. The van der Waals surface area contributed by atoms with Crippen molar-refractivity contribution in [2.75, 3.05) is 13.7 Å². The van der Waals surface area contributed by atoms with Crippen LogP contribution in [0.5, 0.6) is 5.75 Å². The van der Waals surface area contributed by atoms with Crippen molar-refractivity contribution in [2.24, 2.45) is 5.73 Å². The highest BCUT2D eigenvalue weighted by Crippen LogP contribution is 2.41. The van der Waals surface area contributed by atoms with E-state index in [0.717, 1.165) is 11.1 Å². The van der Waals surface area contributed by atoms with Gasteiger partial charge in [0.1, 0.15) is 11.6 Å². The van der Waals surface area contributed by atoms with Gasteiger partial charge in [-0.2, -0.15) is 0 Å². The van der Waals surface area contributed by atoms with Crippen LogP contribution in [-0.2, 0) is 6.54 Å². The molecular formula is C18H21FN2O. The zero-order valence-corrected chi connectivity index (χ0v) is 12.9. The van der Waals surface area contributed by atoms with Gasteiger partial charge in [0.2, 0.25) is 0 Å². The van der Waals surface area contributed by atoms with Gasteiger partial charge in [-0.1, -0.05) is 30.3 Å². The van der Waals surface area contributed by atoms with Crippen LogP contribution in [0.25, 0.3) is 0 Å². The molecule has 0 fully saturated rings. The molecule has 1 heterocycles. The summed E-state index contributed by atoms with van der Waals surface area (Å²) in [6, 6.07) is 13.8. The minimum Gasteiger partial charge on any atom is -0.497 e. The molecule has 22 heavy (non-hydrogen) atoms. The third-order valence-electron chi connectivity index (χ3n) is 4.54. The van der Waals surface area contributed by atoms with Crippen LogP contribution in [0.15, 0.2) is 42.5 Å². The van der Waals surface area contributed by atoms with Crippen LogP contribution in [0.4, 0.5) is 4.39 Å². The van der Waals surface area contributed by atoms with Crippen molar-refractivity contribution < 1.29 is 9.13 Å². The van der Waals surface area contributed by atoms with Crippen molar-refractivity contribution in [3.63, 3.8) is 0 Å². The van der Waals surface area contributed by atoms with E-state index in [1.54, 1.807) is 7.11 Å². The second kappa shape index (κ2) is 6.07. The third-order valence-corrected chi connectivity index (χ3v) is 4.54. The Kier molecular flexibility index (Phi) is 4.14. The van der Waals surface area contributed by atoms with Crippen LogP contribution in [0.2, 0.25) is 0 Å². The smallest absolute Gasteiger partial charge is 0.131 e. The summed E-state index contributed by atoms with van der Waals surface area (Å²) >= 11 is 0. The molecule has 1 aliphatic rings. The molecule has 3 rings (SSSR count). The van der Waals surface area contributed by atoms with Gasteiger partial charge in [-0.05, 0) is 24.1 Å². The average Bonchev–Trinajstić information content (AvgIpc) is 2.93. The van der Waals surface area contributed by atoms with Crippen LogP contribution in [0.3, 0.4) is 0 Å². The molecule has 3 nitrogen and oxygen atoms in total. The summed E-state index contributed by atoms with van der Waals surface area (Å²) in [6.45, 7) is 3.17. The standard InChI is InChI=1S/C18H21FN2O/c1-12(13-6-4-3-5-7-13)21-11-16-15(18(21)10-20)8-14(22-2)9-17(16)19/h3-9,12,18H,10-11,20H2,1-2H3. The van der Waals surface area contributed by atoms with Gasteiger partial charge in [0.15, 0.2) is 0 Å². The van der Waals surface area contributed by atoms with Crippen LogP contribution in [-0.4, -0.2) is 18.6 Å². The summed E-state index contributed by atoms with van der Waals surface area (Å²) in [5.74, 6) is 0.333. The lowest BCUT2D eigenvalue weighted by atomic mass is 10.0. The molecule has 2 unspecified atom stereocenters. The summed E-state index contributed by atoms with van der Waals surface area (Å²) in [5.41, 5.74) is 8.88. The van der Waals surface area contributed by atoms with E-state index in [1.165, 1.54) is 11.6 Å². The monoisotopic (exact) mass is 300 g/mol. The van der Waals surface area contributed by atoms with E-state index < -0.39 is 0 Å². The Morgan fingerprint density at radius 3 is 2.68 bits per heavy atom. The summed E-state index contributed by atoms with van der Waals surface area (Å²) in [7, 11) is 1.55. The topological polar surface area (TPSA) is 38.5 Å². The number of benzene rings is 2. The first-order valence-electron chi connectivity index (χ1n) is 7.52. The predicted octanol–water partition coefficient (Wildman–Crippen LogP) is 3.41. The van der Waals surface area contributed by atoms with E-state index in [2.05, 4.69) is 24.0 Å². The van der Waals surface area contributed by atoms with Gasteiger partial charge >= 0.3 is 0 Å². The molecule has 4 heteroatoms. The SMILES string of the molecule is COc1cc(F)c2c(c1)C(CN)N(C(C)c1ccccc1)C2. The Hall–Kier alpha value is -1.91. The normalized spacial score (nSPS) is 19.0. The molecule has 0 saturated heterocycles. The van der Waals surface area contributed by atoms with E-state index in [9.17, 15) is 4.39 Å². The maximum Gasteiger partial charge on any atom is 0.131 e. The number of nitrogens with two attached hydrogens (primary N) is 1. The Morgan fingerprint density at radius 1 is 1.32 bits per heavy atom. The average molecular weight is 300 g/mol. The van der Waals surface area contributed by atoms with Crippen molar-refractivity contribution >= 4 is 0 Å². The Morgan fingerprint density at radius 2 is 2.05 bits per heavy atom. The molecule has 0 aromatic heterocycles. The first-order chi connectivity index (χ1) is 10.7. The van der Waals surface area contributed by atoms with E-state index in [-0.39, 0.29) is 17.9 Å². The van der Waals surface area contributed by atoms with Crippen molar-refractivity contribution in [2.45, 2.75) is 25.6 Å². The Balaban J connectivity index is 1.97. The van der Waals surface area contributed by atoms with Gasteiger partial charge in [0.05, 0.1) is 7.11 Å². The fourth-order valence-electron chi connectivity index (χ4n) is 3.28. The van der Waals surface area contributed by atoms with E-state index >= 15 is 0 Å². The van der Waals surface area contributed by atoms with Gasteiger partial charge in [0, 0.05) is 36.8 Å². The number of rotatable bonds is 4. The van der Waals surface area contributed by atoms with Gasteiger partial charge in [0.25, 0.3) is 0 Å². The molecular weight excluding hydrogens is 279 g/mol. The number of halogens is 1. The van der Waals surface area contributed by atoms with E-state index in [4.69, 9.17) is 10.5 Å². The van der Waals surface area contributed by atoms with Gasteiger partial charge in [-0.15, -0.1) is 0 Å². The molecule has 2 N–H and O–H groups in total. The van der Waals surface area contributed by atoms with Gasteiger partial charge in [-0.3, -0.25) is 4.90 Å². The molecule has 0 radical (unpaired) electrons. The van der Waals surface area contributed by atoms with Crippen LogP contribution >= 0.6 is 0 Å². The fraction of sp³-hybridized carbons (Fsp3) is 0.333. The van der Waals surface area contributed by atoms with Crippen molar-refractivity contribution in [3.8, 4) is 5.75 Å². The molecule has 0 amide bonds. The van der Waals surface area contributed by atoms with Crippen LogP contribution in [0.1, 0.15) is 35.7 Å². The van der Waals surface area contributed by atoms with Crippen molar-refractivity contribution in [1.82, 2.24) is 4.90 Å². The predicted molar refractivity (Wildman–Crippen MR) is 85.1 cm³/mol. The molecule has 2 atom stereocenters. The minimum absolute atomic E-state index is 0.00908. The number of nitrogens with zero attached hydrogens (tertiary/aromatic N) is 1. The zero-order chi connectivity index (χ0) is 15.7. The number of ether oxygens (including phenoxy) is 1. The highest BCUT2D eigenvalue weighted by Gasteiger charge is 2.35. The molecule has 116 valence electrons. The number of methoxy groups -OCH3 is 1. The Bertz CT molecular complexity index is 660. The zero-order valence-electron chi connectivity index (χ0n) is 12.9. The van der Waals surface area contributed by atoms with Gasteiger partial charge in [-0.25, -0.2) is 4.39 Å². The number of hydrogen-bond donors (Lipinski definition) is 1. The first-order valence-corrected chi connectivity index (χ1v) is 7.52. The van der Waals surface area contributed by atoms with E-state index in [1.807, 2.05) is 24.3 Å². The molecule has 1 aliphatic heterocycles. The van der Waals surface area contributed by atoms with Crippen molar-refractivity contribution in [3.05, 3.63) is 65.0 Å². The summed E-state index contributed by atoms with van der Waals surface area (Å²) in [6.07, 6.45) is 0. The maximum atomic E-state index is 14.3. The quantitative estimate of drug-likeness (QED) is 0.940. The highest BCUT2D eigenvalue weighted by atomic mass is 19.1. The first kappa shape index (κ1) is 15.0. The molecule has 0 aliphatic carbocycles. The Labute approximate surface area is 130 Å². The van der Waals surface area contributed by atoms with Crippen LogP contribution < -0.4 is 10.5 Å². The van der Waals surface area contributed by atoms with Gasteiger partial charge < -0.3 is 10.5 Å². The summed E-state index contributed by atoms with van der Waals surface area (Å²) in [4.78, 5) is 2.25. The molecule has 0 saturated carbocycles. The lowest BCUT2D eigenvalue weighted by Crippen LogP contribution is -2.30. The largest absolute Gasteiger partial charge is 0.497 e. The molecule has 2 aromatic carbocycles. The van der Waals surface area contributed by atoms with E-state index in [0.29, 0.717) is 18.8 Å². The van der Waals surface area contributed by atoms with Crippen molar-refractivity contribution in [1.29, 1.82) is 0 Å². The summed E-state index contributed by atoms with van der Waals surface area (Å²) in [5, 5.41) is 0. The molecule has 2 aromatic rings. The van der Waals surface area contributed by atoms with Crippen LogP contribution in [0, 0.1) is 5.82 Å². The lowest BCUT2D eigenvalue weighted by Gasteiger charge is -2.30. The fourth-order valence-corrected chi connectivity index (χ4v) is 3.28.